The van der Waals surface area contributed by atoms with Crippen LogP contribution in [-0.2, 0) is 9.47 Å². The Morgan fingerprint density at radius 2 is 1.61 bits per heavy atom. The second-order valence-electron chi connectivity index (χ2n) is 16.1. The van der Waals surface area contributed by atoms with E-state index in [0.29, 0.717) is 35.8 Å². The summed E-state index contributed by atoms with van der Waals surface area (Å²) in [5, 5.41) is 0. The summed E-state index contributed by atoms with van der Waals surface area (Å²) in [5.41, 5.74) is 3.23. The van der Waals surface area contributed by atoms with Gasteiger partial charge < -0.3 is 23.8 Å². The summed E-state index contributed by atoms with van der Waals surface area (Å²) in [6, 6.07) is 16.0. The zero-order valence-electron chi connectivity index (χ0n) is 30.8. The van der Waals surface area contributed by atoms with Crippen molar-refractivity contribution < 1.29 is 23.7 Å². The SMILES string of the molecule is CCCCCCOc1ccc(C(=O)Oc2ccc(N3CCN(C4CCC5C6OC=CC(OC)=C6C6CC7CCCCC7C6C5C4)CC3)cc2)cc1. The number of fused-ring (bicyclic) bond motifs is 8. The van der Waals surface area contributed by atoms with Crippen molar-refractivity contribution in [3.8, 4) is 11.5 Å². The Balaban J connectivity index is 0.852. The molecule has 2 aromatic carbocycles. The lowest BCUT2D eigenvalue weighted by Crippen LogP contribution is -2.56. The Kier molecular flexibility index (Phi) is 10.6. The van der Waals surface area contributed by atoms with Crippen molar-refractivity contribution in [2.75, 3.05) is 44.8 Å². The molecule has 0 radical (unpaired) electrons. The first kappa shape index (κ1) is 34.6. The van der Waals surface area contributed by atoms with Crippen LogP contribution in [0, 0.1) is 35.5 Å². The van der Waals surface area contributed by atoms with E-state index in [-0.39, 0.29) is 12.1 Å². The van der Waals surface area contributed by atoms with Gasteiger partial charge in [-0.3, -0.25) is 4.90 Å². The molecule has 8 atom stereocenters. The molecule has 7 nitrogen and oxygen atoms in total. The van der Waals surface area contributed by atoms with Gasteiger partial charge in [-0.05, 0) is 117 Å². The van der Waals surface area contributed by atoms with Crippen LogP contribution in [0.1, 0.15) is 94.3 Å². The molecular weight excluding hydrogens is 636 g/mol. The predicted octanol–water partition coefficient (Wildman–Crippen LogP) is 9.04. The highest BCUT2D eigenvalue weighted by molar-refractivity contribution is 5.91. The van der Waals surface area contributed by atoms with E-state index >= 15 is 0 Å². The fourth-order valence-corrected chi connectivity index (χ4v) is 11.2. The largest absolute Gasteiger partial charge is 0.497 e. The van der Waals surface area contributed by atoms with E-state index in [1.807, 2.05) is 37.6 Å². The zero-order valence-corrected chi connectivity index (χ0v) is 30.8. The Labute approximate surface area is 305 Å². The Morgan fingerprint density at radius 1 is 0.824 bits per heavy atom. The van der Waals surface area contributed by atoms with Gasteiger partial charge in [0, 0.05) is 55.5 Å². The van der Waals surface area contributed by atoms with Crippen LogP contribution in [0.5, 0.6) is 11.5 Å². The van der Waals surface area contributed by atoms with E-state index in [2.05, 4.69) is 34.9 Å². The van der Waals surface area contributed by atoms with Crippen molar-refractivity contribution in [2.45, 2.75) is 96.1 Å². The molecule has 8 unspecified atom stereocenters. The minimum atomic E-state index is -0.348. The maximum atomic E-state index is 12.9. The van der Waals surface area contributed by atoms with Crippen LogP contribution in [0.3, 0.4) is 0 Å². The molecular formula is C44H58N2O5. The van der Waals surface area contributed by atoms with Gasteiger partial charge in [-0.25, -0.2) is 4.79 Å². The number of carbonyl (C=O) groups is 1. The summed E-state index contributed by atoms with van der Waals surface area (Å²) >= 11 is 0. The zero-order chi connectivity index (χ0) is 34.7. The minimum Gasteiger partial charge on any atom is -0.497 e. The smallest absolute Gasteiger partial charge is 0.343 e. The lowest BCUT2D eigenvalue weighted by atomic mass is 9.56. The highest BCUT2D eigenvalue weighted by Gasteiger charge is 2.59. The van der Waals surface area contributed by atoms with Crippen LogP contribution < -0.4 is 14.4 Å². The first-order valence-corrected chi connectivity index (χ1v) is 20.3. The fourth-order valence-electron chi connectivity index (χ4n) is 11.2. The molecule has 2 heterocycles. The molecule has 0 spiro atoms. The average molecular weight is 695 g/mol. The molecule has 6 aliphatic rings. The molecule has 2 aliphatic heterocycles. The van der Waals surface area contributed by atoms with Gasteiger partial charge >= 0.3 is 5.97 Å². The molecule has 1 saturated heterocycles. The quantitative estimate of drug-likeness (QED) is 0.132. The second-order valence-corrected chi connectivity index (χ2v) is 16.1. The number of allylic oxidation sites excluding steroid dienone is 1. The van der Waals surface area contributed by atoms with Crippen molar-refractivity contribution >= 4 is 11.7 Å². The van der Waals surface area contributed by atoms with Crippen molar-refractivity contribution in [1.29, 1.82) is 0 Å². The number of rotatable bonds is 11. The second kappa shape index (κ2) is 15.7. The van der Waals surface area contributed by atoms with E-state index in [4.69, 9.17) is 18.9 Å². The van der Waals surface area contributed by atoms with Crippen molar-refractivity contribution in [3.05, 3.63) is 77.8 Å². The lowest BCUT2D eigenvalue weighted by Gasteiger charge is -2.54. The molecule has 0 N–H and O–H groups in total. The number of carbonyl (C=O) groups excluding carboxylic acids is 1. The van der Waals surface area contributed by atoms with Crippen LogP contribution in [0.15, 0.2) is 72.2 Å². The van der Waals surface area contributed by atoms with Gasteiger partial charge in [0.1, 0.15) is 23.4 Å². The van der Waals surface area contributed by atoms with Crippen molar-refractivity contribution in [2.24, 2.45) is 35.5 Å². The molecule has 4 saturated carbocycles. The third-order valence-corrected chi connectivity index (χ3v) is 13.5. The molecule has 7 heteroatoms. The van der Waals surface area contributed by atoms with Gasteiger partial charge in [-0.1, -0.05) is 45.4 Å². The van der Waals surface area contributed by atoms with E-state index in [1.165, 1.54) is 81.9 Å². The monoisotopic (exact) mass is 694 g/mol. The average Bonchev–Trinajstić information content (AvgIpc) is 3.58. The number of anilines is 1. The molecule has 51 heavy (non-hydrogen) atoms. The fraction of sp³-hybridized carbons (Fsp3) is 0.614. The summed E-state index contributed by atoms with van der Waals surface area (Å²) in [7, 11) is 1.85. The topological polar surface area (TPSA) is 60.5 Å². The number of esters is 1. The van der Waals surface area contributed by atoms with Gasteiger partial charge in [0.15, 0.2) is 0 Å². The maximum absolute atomic E-state index is 12.9. The molecule has 8 rings (SSSR count). The summed E-state index contributed by atoms with van der Waals surface area (Å²) in [6.07, 6.45) is 19.8. The molecule has 5 fully saturated rings. The Bertz CT molecular complexity index is 1540. The third-order valence-electron chi connectivity index (χ3n) is 13.5. The third kappa shape index (κ3) is 7.17. The van der Waals surface area contributed by atoms with E-state index in [1.54, 1.807) is 12.1 Å². The maximum Gasteiger partial charge on any atom is 0.343 e. The summed E-state index contributed by atoms with van der Waals surface area (Å²) in [4.78, 5) is 18.1. The number of unbranched alkanes of at least 4 members (excludes halogenated alkanes) is 3. The van der Waals surface area contributed by atoms with Gasteiger partial charge in [-0.15, -0.1) is 0 Å². The molecule has 0 bridgehead atoms. The van der Waals surface area contributed by atoms with Crippen LogP contribution in [0.4, 0.5) is 5.69 Å². The van der Waals surface area contributed by atoms with Crippen LogP contribution in [-0.4, -0.2) is 62.9 Å². The summed E-state index contributed by atoms with van der Waals surface area (Å²) in [5.74, 6) is 6.68. The number of nitrogens with zero attached hydrogens (tertiary/aromatic N) is 2. The van der Waals surface area contributed by atoms with Gasteiger partial charge in [0.25, 0.3) is 0 Å². The van der Waals surface area contributed by atoms with Crippen LogP contribution in [0.25, 0.3) is 0 Å². The summed E-state index contributed by atoms with van der Waals surface area (Å²) in [6.45, 7) is 7.15. The molecule has 4 aliphatic carbocycles. The number of hydrogen-bond donors (Lipinski definition) is 0. The number of piperazine rings is 1. The minimum absolute atomic E-state index is 0.210. The highest BCUT2D eigenvalue weighted by atomic mass is 16.5. The number of benzene rings is 2. The van der Waals surface area contributed by atoms with E-state index in [0.717, 1.165) is 67.8 Å². The number of ether oxygens (including phenoxy) is 4. The lowest BCUT2D eigenvalue weighted by molar-refractivity contribution is -0.0511. The molecule has 274 valence electrons. The first-order chi connectivity index (χ1) is 25.1. The molecule has 2 aromatic rings. The van der Waals surface area contributed by atoms with Gasteiger partial charge in [0.05, 0.1) is 25.5 Å². The number of hydrogen-bond acceptors (Lipinski definition) is 7. The first-order valence-electron chi connectivity index (χ1n) is 20.3. The molecule has 0 amide bonds. The number of methoxy groups -OCH3 is 1. The van der Waals surface area contributed by atoms with Crippen molar-refractivity contribution in [1.82, 2.24) is 4.90 Å². The highest BCUT2D eigenvalue weighted by Crippen LogP contribution is 2.63. The van der Waals surface area contributed by atoms with E-state index < -0.39 is 0 Å². The normalized spacial score (nSPS) is 31.5. The summed E-state index contributed by atoms with van der Waals surface area (Å²) < 4.78 is 24.0. The van der Waals surface area contributed by atoms with Gasteiger partial charge in [0.2, 0.25) is 0 Å². The predicted molar refractivity (Wildman–Crippen MR) is 201 cm³/mol. The van der Waals surface area contributed by atoms with E-state index in [9.17, 15) is 4.79 Å². The Hall–Kier alpha value is -3.45. The van der Waals surface area contributed by atoms with Crippen molar-refractivity contribution in [3.63, 3.8) is 0 Å². The molecule has 0 aromatic heterocycles. The van der Waals surface area contributed by atoms with Gasteiger partial charge in [-0.2, -0.15) is 0 Å². The van der Waals surface area contributed by atoms with Crippen LogP contribution >= 0.6 is 0 Å². The Morgan fingerprint density at radius 3 is 2.39 bits per heavy atom. The van der Waals surface area contributed by atoms with Crippen LogP contribution in [0.2, 0.25) is 0 Å². The standard InChI is InChI=1S/C44H58N2O5/c1-3-4-5-8-26-49-34-16-11-30(12-17-34)44(47)51-35-18-13-32(14-19-35)45-22-24-46(25-23-45)33-15-20-37-38(29-33)41-36-10-7-6-9-31(36)28-39(41)42-40(48-2)21-27-50-43(37)42/h11-14,16-19,21,27,31,33,36-39,41,43H,3-10,15,20,22-26,28-29H2,1-2H3.